The summed E-state index contributed by atoms with van der Waals surface area (Å²) in [7, 11) is -2.26. The molecule has 2 aromatic rings. The first-order chi connectivity index (χ1) is 12.9. The number of thioether (sulfide) groups is 1. The van der Waals surface area contributed by atoms with Crippen LogP contribution in [0.2, 0.25) is 0 Å². The van der Waals surface area contributed by atoms with Gasteiger partial charge in [-0.3, -0.25) is 9.10 Å². The normalized spacial score (nSPS) is 14.8. The zero-order valence-electron chi connectivity index (χ0n) is 15.3. The van der Waals surface area contributed by atoms with Crippen molar-refractivity contribution in [1.29, 1.82) is 0 Å². The van der Waals surface area contributed by atoms with Gasteiger partial charge in [-0.25, -0.2) is 8.42 Å². The summed E-state index contributed by atoms with van der Waals surface area (Å²) >= 11 is 1.42. The quantitative estimate of drug-likeness (QED) is 0.715. The second kappa shape index (κ2) is 8.33. The topological polar surface area (TPSA) is 66.9 Å². The molecule has 1 aliphatic rings. The highest BCUT2D eigenvalue weighted by Crippen LogP contribution is 2.28. The van der Waals surface area contributed by atoms with Crippen LogP contribution in [0.25, 0.3) is 0 Å². The highest BCUT2D eigenvalue weighted by Gasteiger charge is 2.26. The molecule has 2 aromatic carbocycles. The Labute approximate surface area is 164 Å². The Bertz CT molecular complexity index is 911. The van der Waals surface area contributed by atoms with Crippen LogP contribution in [-0.4, -0.2) is 58.8 Å². The van der Waals surface area contributed by atoms with E-state index >= 15 is 0 Å². The summed E-state index contributed by atoms with van der Waals surface area (Å²) < 4.78 is 32.6. The van der Waals surface area contributed by atoms with Crippen LogP contribution in [0.3, 0.4) is 0 Å². The maximum absolute atomic E-state index is 13.1. The van der Waals surface area contributed by atoms with Crippen LogP contribution in [0.4, 0.5) is 5.69 Å². The van der Waals surface area contributed by atoms with Crippen molar-refractivity contribution in [3.63, 3.8) is 0 Å². The minimum atomic E-state index is -3.78. The number of morpholine rings is 1. The molecule has 0 atom stereocenters. The Morgan fingerprint density at radius 3 is 2.41 bits per heavy atom. The maximum Gasteiger partial charge on any atom is 0.264 e. The van der Waals surface area contributed by atoms with E-state index in [1.54, 1.807) is 41.3 Å². The minimum Gasteiger partial charge on any atom is -0.378 e. The molecule has 1 heterocycles. The second-order valence-electron chi connectivity index (χ2n) is 6.07. The highest BCUT2D eigenvalue weighted by molar-refractivity contribution is 7.98. The minimum absolute atomic E-state index is 0.100. The summed E-state index contributed by atoms with van der Waals surface area (Å²) in [6, 6.07) is 13.6. The fourth-order valence-electron chi connectivity index (χ4n) is 2.89. The lowest BCUT2D eigenvalue weighted by molar-refractivity contribution is 0.0300. The Morgan fingerprint density at radius 1 is 1.11 bits per heavy atom. The second-order valence-corrected chi connectivity index (χ2v) is 8.89. The first-order valence-corrected chi connectivity index (χ1v) is 11.2. The maximum atomic E-state index is 13.1. The number of carbonyl (C=O) groups excluding carboxylic acids is 1. The van der Waals surface area contributed by atoms with Crippen molar-refractivity contribution in [2.45, 2.75) is 9.79 Å². The van der Waals surface area contributed by atoms with E-state index in [1.807, 2.05) is 12.3 Å². The molecule has 0 radical (unpaired) electrons. The van der Waals surface area contributed by atoms with Gasteiger partial charge in [-0.15, -0.1) is 11.8 Å². The van der Waals surface area contributed by atoms with Gasteiger partial charge in [0.2, 0.25) is 0 Å². The van der Waals surface area contributed by atoms with E-state index in [0.717, 1.165) is 4.90 Å². The molecule has 1 aliphatic heterocycles. The van der Waals surface area contributed by atoms with Crippen LogP contribution < -0.4 is 4.31 Å². The molecular formula is C19H22N2O4S2. The van der Waals surface area contributed by atoms with E-state index in [-0.39, 0.29) is 10.8 Å². The summed E-state index contributed by atoms with van der Waals surface area (Å²) in [5.41, 5.74) is 0.972. The number of nitrogens with zero attached hydrogens (tertiary/aromatic N) is 2. The van der Waals surface area contributed by atoms with Gasteiger partial charge in [0.1, 0.15) is 0 Å². The predicted octanol–water partition coefficient (Wildman–Crippen LogP) is 2.71. The first-order valence-electron chi connectivity index (χ1n) is 8.54. The molecule has 3 rings (SSSR count). The van der Waals surface area contributed by atoms with Gasteiger partial charge in [0.15, 0.2) is 0 Å². The van der Waals surface area contributed by atoms with Gasteiger partial charge in [0, 0.05) is 25.0 Å². The fraction of sp³-hybridized carbons (Fsp3) is 0.316. The van der Waals surface area contributed by atoms with Crippen LogP contribution in [0.15, 0.2) is 58.3 Å². The molecule has 0 spiro atoms. The monoisotopic (exact) mass is 406 g/mol. The number of rotatable bonds is 5. The number of para-hydroxylation sites is 1. The van der Waals surface area contributed by atoms with Crippen LogP contribution >= 0.6 is 11.8 Å². The van der Waals surface area contributed by atoms with Crippen LogP contribution in [-0.2, 0) is 14.8 Å². The zero-order chi connectivity index (χ0) is 19.4. The first kappa shape index (κ1) is 19.7. The number of hydrogen-bond acceptors (Lipinski definition) is 5. The summed E-state index contributed by atoms with van der Waals surface area (Å²) in [6.07, 6.45) is 1.87. The van der Waals surface area contributed by atoms with Crippen molar-refractivity contribution in [2.75, 3.05) is 43.9 Å². The van der Waals surface area contributed by atoms with Gasteiger partial charge >= 0.3 is 0 Å². The predicted molar refractivity (Wildman–Crippen MR) is 107 cm³/mol. The largest absolute Gasteiger partial charge is 0.378 e. The van der Waals surface area contributed by atoms with E-state index in [4.69, 9.17) is 4.74 Å². The number of ether oxygens (including phenoxy) is 1. The number of carbonyl (C=O) groups is 1. The molecule has 0 bridgehead atoms. The fourth-order valence-corrected chi connectivity index (χ4v) is 4.68. The van der Waals surface area contributed by atoms with E-state index in [9.17, 15) is 13.2 Å². The Kier molecular flexibility index (Phi) is 6.08. The number of benzene rings is 2. The third kappa shape index (κ3) is 4.12. The van der Waals surface area contributed by atoms with Crippen LogP contribution in [0.5, 0.6) is 0 Å². The van der Waals surface area contributed by atoms with Crippen LogP contribution in [0.1, 0.15) is 10.4 Å². The van der Waals surface area contributed by atoms with Crippen LogP contribution in [0, 0.1) is 0 Å². The summed E-state index contributed by atoms with van der Waals surface area (Å²) in [5.74, 6) is -0.165. The van der Waals surface area contributed by atoms with Crippen molar-refractivity contribution in [2.24, 2.45) is 0 Å². The number of anilines is 1. The van der Waals surface area contributed by atoms with Crippen molar-refractivity contribution in [1.82, 2.24) is 4.90 Å². The van der Waals surface area contributed by atoms with Gasteiger partial charge in [-0.1, -0.05) is 18.2 Å². The lowest BCUT2D eigenvalue weighted by Crippen LogP contribution is -2.41. The summed E-state index contributed by atoms with van der Waals surface area (Å²) in [4.78, 5) is 15.5. The van der Waals surface area contributed by atoms with Gasteiger partial charge in [0.25, 0.3) is 15.9 Å². The molecule has 0 aliphatic carbocycles. The molecule has 0 unspecified atom stereocenters. The highest BCUT2D eigenvalue weighted by atomic mass is 32.2. The molecule has 1 saturated heterocycles. The van der Waals surface area contributed by atoms with Crippen molar-refractivity contribution in [3.8, 4) is 0 Å². The lowest BCUT2D eigenvalue weighted by Gasteiger charge is -2.28. The van der Waals surface area contributed by atoms with Crippen molar-refractivity contribution in [3.05, 3.63) is 54.1 Å². The molecule has 8 heteroatoms. The molecule has 0 aromatic heterocycles. The van der Waals surface area contributed by atoms with Gasteiger partial charge in [-0.05, 0) is 36.6 Å². The van der Waals surface area contributed by atoms with E-state index < -0.39 is 10.0 Å². The Morgan fingerprint density at radius 2 is 1.78 bits per heavy atom. The van der Waals surface area contributed by atoms with Crippen molar-refractivity contribution >= 4 is 33.4 Å². The number of sulfonamides is 1. The average molecular weight is 407 g/mol. The molecule has 27 heavy (non-hydrogen) atoms. The standard InChI is InChI=1S/C19H22N2O4S2/c1-20(15-6-4-3-5-7-15)27(23,24)16-8-9-18(26-2)17(14-16)19(22)21-10-12-25-13-11-21/h3-9,14H,10-13H2,1-2H3. The summed E-state index contributed by atoms with van der Waals surface area (Å²) in [6.45, 7) is 2.01. The average Bonchev–Trinajstić information content (AvgIpc) is 2.73. The van der Waals surface area contributed by atoms with Gasteiger partial charge in [0.05, 0.1) is 29.4 Å². The molecule has 0 N–H and O–H groups in total. The number of hydrogen-bond donors (Lipinski definition) is 0. The molecule has 0 saturated carbocycles. The van der Waals surface area contributed by atoms with Gasteiger partial charge < -0.3 is 9.64 Å². The third-order valence-corrected chi connectivity index (χ3v) is 7.06. The molecule has 1 amide bonds. The Hall–Kier alpha value is -2.03. The smallest absolute Gasteiger partial charge is 0.264 e. The molecule has 6 nitrogen and oxygen atoms in total. The van der Waals surface area contributed by atoms with E-state index in [1.165, 1.54) is 29.2 Å². The molecule has 144 valence electrons. The Balaban J connectivity index is 1.98. The van der Waals surface area contributed by atoms with E-state index in [2.05, 4.69) is 0 Å². The SMILES string of the molecule is CSc1ccc(S(=O)(=O)N(C)c2ccccc2)cc1C(=O)N1CCOCC1. The third-order valence-electron chi connectivity index (χ3n) is 4.48. The molecule has 1 fully saturated rings. The zero-order valence-corrected chi connectivity index (χ0v) is 16.9. The lowest BCUT2D eigenvalue weighted by atomic mass is 10.2. The number of amides is 1. The van der Waals surface area contributed by atoms with Gasteiger partial charge in [-0.2, -0.15) is 0 Å². The molecular weight excluding hydrogens is 384 g/mol. The van der Waals surface area contributed by atoms with E-state index in [0.29, 0.717) is 37.6 Å². The van der Waals surface area contributed by atoms with Crippen molar-refractivity contribution < 1.29 is 17.9 Å². The summed E-state index contributed by atoms with van der Waals surface area (Å²) in [5, 5.41) is 0.